The fourth-order valence-electron chi connectivity index (χ4n) is 2.57. The van der Waals surface area contributed by atoms with Gasteiger partial charge in [0.1, 0.15) is 18.3 Å². The van der Waals surface area contributed by atoms with Crippen molar-refractivity contribution < 1.29 is 35.4 Å². The zero-order valence-electron chi connectivity index (χ0n) is 14.0. The Balaban J connectivity index is 0.000000250. The first-order valence-corrected chi connectivity index (χ1v) is 7.95. The van der Waals surface area contributed by atoms with E-state index >= 15 is 0 Å². The minimum Gasteiger partial charge on any atom is -0.479 e. The predicted molar refractivity (Wildman–Crippen MR) is 87.6 cm³/mol. The third-order valence-electron chi connectivity index (χ3n) is 4.10. The minimum atomic E-state index is -2.20. The maximum atomic E-state index is 10.1. The van der Waals surface area contributed by atoms with Gasteiger partial charge in [-0.3, -0.25) is 9.88 Å². The molecule has 0 spiro atoms. The molecule has 9 nitrogen and oxygen atoms in total. The number of nitrogens with zero attached hydrogens (tertiary/aromatic N) is 2. The summed E-state index contributed by atoms with van der Waals surface area (Å²) in [6, 6.07) is 4.79. The van der Waals surface area contributed by atoms with Crippen LogP contribution in [0.15, 0.2) is 24.5 Å². The Morgan fingerprint density at radius 1 is 1.32 bits per heavy atom. The lowest BCUT2D eigenvalue weighted by molar-refractivity contribution is -0.164. The van der Waals surface area contributed by atoms with Crippen LogP contribution in [-0.4, -0.2) is 91.1 Å². The SMILES string of the molecule is CN1CCCC1c1cccnc1.O=C(O)[C@@H](O)[C@@H](O)[C@H](O)[C@@H](O)CO. The lowest BCUT2D eigenvalue weighted by Crippen LogP contribution is -2.48. The van der Waals surface area contributed by atoms with Gasteiger partial charge in [-0.25, -0.2) is 4.79 Å². The monoisotopic (exact) mass is 358 g/mol. The van der Waals surface area contributed by atoms with E-state index in [0.29, 0.717) is 6.04 Å². The molecule has 1 aliphatic heterocycles. The van der Waals surface area contributed by atoms with Crippen LogP contribution < -0.4 is 0 Å². The van der Waals surface area contributed by atoms with Gasteiger partial charge in [0, 0.05) is 18.4 Å². The van der Waals surface area contributed by atoms with Gasteiger partial charge >= 0.3 is 5.97 Å². The normalized spacial score (nSPS) is 22.4. The fourth-order valence-corrected chi connectivity index (χ4v) is 2.57. The average Bonchev–Trinajstić information content (AvgIpc) is 3.06. The lowest BCUT2D eigenvalue weighted by Gasteiger charge is -2.23. The van der Waals surface area contributed by atoms with Gasteiger partial charge < -0.3 is 30.6 Å². The second-order valence-corrected chi connectivity index (χ2v) is 5.94. The van der Waals surface area contributed by atoms with E-state index in [4.69, 9.17) is 30.6 Å². The van der Waals surface area contributed by atoms with Crippen LogP contribution in [0.4, 0.5) is 0 Å². The number of pyridine rings is 1. The van der Waals surface area contributed by atoms with Gasteiger partial charge in [0.15, 0.2) is 6.10 Å². The van der Waals surface area contributed by atoms with Crippen LogP contribution in [0.3, 0.4) is 0 Å². The summed E-state index contributed by atoms with van der Waals surface area (Å²) >= 11 is 0. The maximum absolute atomic E-state index is 10.1. The van der Waals surface area contributed by atoms with Crippen LogP contribution in [0.25, 0.3) is 0 Å². The molecule has 0 saturated carbocycles. The maximum Gasteiger partial charge on any atom is 0.335 e. The van der Waals surface area contributed by atoms with E-state index in [1.165, 1.54) is 24.9 Å². The molecule has 6 N–H and O–H groups in total. The first kappa shape index (κ1) is 21.4. The van der Waals surface area contributed by atoms with Crippen molar-refractivity contribution in [2.75, 3.05) is 20.2 Å². The molecule has 2 rings (SSSR count). The summed E-state index contributed by atoms with van der Waals surface area (Å²) in [7, 11) is 2.19. The molecule has 9 heteroatoms. The second kappa shape index (κ2) is 10.4. The number of likely N-dealkylation sites (tertiary alicyclic amines) is 1. The predicted octanol–water partition coefficient (Wildman–Crippen LogP) is -1.64. The molecule has 0 bridgehead atoms. The molecule has 1 aromatic rings. The molecule has 1 aliphatic rings. The number of hydrogen-bond acceptors (Lipinski definition) is 8. The summed E-state index contributed by atoms with van der Waals surface area (Å²) in [5, 5.41) is 51.8. The number of hydrogen-bond donors (Lipinski definition) is 6. The molecule has 1 saturated heterocycles. The van der Waals surface area contributed by atoms with E-state index in [1.807, 2.05) is 18.5 Å². The van der Waals surface area contributed by atoms with E-state index in [9.17, 15) is 4.79 Å². The van der Waals surface area contributed by atoms with Gasteiger partial charge in [-0.15, -0.1) is 0 Å². The molecule has 2 heterocycles. The number of aliphatic carboxylic acids is 1. The highest BCUT2D eigenvalue weighted by Gasteiger charge is 2.33. The quantitative estimate of drug-likeness (QED) is 0.351. The van der Waals surface area contributed by atoms with Gasteiger partial charge in [-0.1, -0.05) is 6.07 Å². The molecule has 1 aromatic heterocycles. The van der Waals surface area contributed by atoms with Crippen LogP contribution in [-0.2, 0) is 4.79 Å². The Morgan fingerprint density at radius 2 is 2.00 bits per heavy atom. The van der Waals surface area contributed by atoms with Crippen LogP contribution in [0.2, 0.25) is 0 Å². The highest BCUT2D eigenvalue weighted by Crippen LogP contribution is 2.29. The Hall–Kier alpha value is -1.62. The highest BCUT2D eigenvalue weighted by atomic mass is 16.4. The average molecular weight is 358 g/mol. The number of carbonyl (C=O) groups is 1. The van der Waals surface area contributed by atoms with Crippen molar-refractivity contribution in [1.29, 1.82) is 0 Å². The van der Waals surface area contributed by atoms with E-state index in [1.54, 1.807) is 0 Å². The van der Waals surface area contributed by atoms with Crippen molar-refractivity contribution >= 4 is 5.97 Å². The Bertz CT molecular complexity index is 516. The van der Waals surface area contributed by atoms with E-state index < -0.39 is 37.0 Å². The van der Waals surface area contributed by atoms with Gasteiger partial charge in [0.05, 0.1) is 6.61 Å². The number of carboxylic acid groups (broad SMARTS) is 1. The summed E-state index contributed by atoms with van der Waals surface area (Å²) in [6.07, 6.45) is -1.43. The molecule has 0 aromatic carbocycles. The number of aliphatic hydroxyl groups is 5. The third-order valence-corrected chi connectivity index (χ3v) is 4.10. The molecule has 25 heavy (non-hydrogen) atoms. The highest BCUT2D eigenvalue weighted by molar-refractivity contribution is 5.72. The zero-order chi connectivity index (χ0) is 19.0. The summed E-state index contributed by atoms with van der Waals surface area (Å²) in [5.41, 5.74) is 1.36. The van der Waals surface area contributed by atoms with Crippen molar-refractivity contribution in [3.05, 3.63) is 30.1 Å². The topological polar surface area (TPSA) is 155 Å². The van der Waals surface area contributed by atoms with Crippen LogP contribution in [0.1, 0.15) is 24.4 Å². The standard InChI is InChI=1S/C10H14N2.C6H12O7/c1-12-7-3-5-10(12)9-4-2-6-11-8-9;7-1-2(8)3(9)4(10)5(11)6(12)13/h2,4,6,8,10H,3,5,7H2,1H3;2-5,7-11H,1H2,(H,12,13)/t;2-,3+,4-,5-/m.0/s1. The molecule has 1 fully saturated rings. The molecule has 0 amide bonds. The molecule has 0 radical (unpaired) electrons. The smallest absolute Gasteiger partial charge is 0.335 e. The largest absolute Gasteiger partial charge is 0.479 e. The molecular weight excluding hydrogens is 332 g/mol. The zero-order valence-corrected chi connectivity index (χ0v) is 14.0. The Morgan fingerprint density at radius 3 is 2.44 bits per heavy atom. The van der Waals surface area contributed by atoms with Gasteiger partial charge in [0.25, 0.3) is 0 Å². The van der Waals surface area contributed by atoms with E-state index in [2.05, 4.69) is 23.0 Å². The van der Waals surface area contributed by atoms with Crippen LogP contribution in [0.5, 0.6) is 0 Å². The number of rotatable bonds is 6. The van der Waals surface area contributed by atoms with Crippen molar-refractivity contribution in [3.8, 4) is 0 Å². The van der Waals surface area contributed by atoms with Crippen molar-refractivity contribution in [2.24, 2.45) is 0 Å². The van der Waals surface area contributed by atoms with E-state index in [-0.39, 0.29) is 0 Å². The van der Waals surface area contributed by atoms with Crippen LogP contribution in [0, 0.1) is 0 Å². The summed E-state index contributed by atoms with van der Waals surface area (Å²) in [6.45, 7) is 0.379. The number of carboxylic acids is 1. The molecule has 142 valence electrons. The van der Waals surface area contributed by atoms with E-state index in [0.717, 1.165) is 0 Å². The first-order chi connectivity index (χ1) is 11.8. The van der Waals surface area contributed by atoms with Crippen molar-refractivity contribution in [1.82, 2.24) is 9.88 Å². The molecular formula is C16H26N2O7. The minimum absolute atomic E-state index is 0.610. The molecule has 1 unspecified atom stereocenters. The van der Waals surface area contributed by atoms with Crippen molar-refractivity contribution in [2.45, 2.75) is 43.3 Å². The molecule has 0 aliphatic carbocycles. The Labute approximate surface area is 145 Å². The fraction of sp³-hybridized carbons (Fsp3) is 0.625. The van der Waals surface area contributed by atoms with Crippen LogP contribution >= 0.6 is 0 Å². The first-order valence-electron chi connectivity index (χ1n) is 7.95. The van der Waals surface area contributed by atoms with Gasteiger partial charge in [-0.2, -0.15) is 0 Å². The molecule has 5 atom stereocenters. The van der Waals surface area contributed by atoms with Crippen molar-refractivity contribution in [3.63, 3.8) is 0 Å². The second-order valence-electron chi connectivity index (χ2n) is 5.94. The summed E-state index contributed by atoms with van der Waals surface area (Å²) in [5.74, 6) is -1.73. The third kappa shape index (κ3) is 6.31. The Kier molecular flexibility index (Phi) is 8.90. The summed E-state index contributed by atoms with van der Waals surface area (Å²) in [4.78, 5) is 16.6. The number of aromatic nitrogens is 1. The van der Waals surface area contributed by atoms with Gasteiger partial charge in [-0.05, 0) is 38.1 Å². The lowest BCUT2D eigenvalue weighted by atomic mass is 10.0. The van der Waals surface area contributed by atoms with Gasteiger partial charge in [0.2, 0.25) is 0 Å². The number of aliphatic hydroxyl groups excluding tert-OH is 5. The summed E-state index contributed by atoms with van der Waals surface area (Å²) < 4.78 is 0.